The largest absolute Gasteiger partial charge is 0.415 e. The Hall–Kier alpha value is -0.460. The van der Waals surface area contributed by atoms with Gasteiger partial charge in [0.25, 0.3) is 0 Å². The second-order valence-electron chi connectivity index (χ2n) is 2.77. The van der Waals surface area contributed by atoms with Crippen molar-refractivity contribution in [3.63, 3.8) is 0 Å². The average molecular weight is 208 g/mol. The van der Waals surface area contributed by atoms with Crippen LogP contribution in [0.25, 0.3) is 0 Å². The van der Waals surface area contributed by atoms with Gasteiger partial charge in [0.1, 0.15) is 0 Å². The molecule has 1 rings (SSSR count). The molecule has 7 heteroatoms. The Morgan fingerprint density at radius 1 is 0.923 bits per heavy atom. The Morgan fingerprint density at radius 3 is 1.77 bits per heavy atom. The van der Waals surface area contributed by atoms with E-state index in [2.05, 4.69) is 4.74 Å². The van der Waals surface area contributed by atoms with Crippen molar-refractivity contribution in [2.45, 2.75) is 24.9 Å². The molecule has 0 aliphatic carbocycles. The quantitative estimate of drug-likeness (QED) is 0.556. The molecule has 0 N–H and O–H groups in total. The van der Waals surface area contributed by atoms with Crippen LogP contribution in [0.15, 0.2) is 0 Å². The summed E-state index contributed by atoms with van der Waals surface area (Å²) in [5, 5.41) is 0. The van der Waals surface area contributed by atoms with Crippen molar-refractivity contribution in [3.05, 3.63) is 0 Å². The lowest BCUT2D eigenvalue weighted by Crippen LogP contribution is -2.40. The zero-order valence-electron chi connectivity index (χ0n) is 6.24. The molecular weight excluding hydrogens is 202 g/mol. The maximum Gasteiger partial charge on any atom is 0.415 e. The molecule has 1 aliphatic heterocycles. The van der Waals surface area contributed by atoms with Crippen LogP contribution in [-0.2, 0) is 4.74 Å². The van der Waals surface area contributed by atoms with E-state index in [0.717, 1.165) is 0 Å². The van der Waals surface area contributed by atoms with Gasteiger partial charge in [-0.2, -0.15) is 26.3 Å². The van der Waals surface area contributed by atoms with Gasteiger partial charge in [-0.3, -0.25) is 0 Å². The molecule has 0 aromatic heterocycles. The predicted octanol–water partition coefficient (Wildman–Crippen LogP) is 2.52. The van der Waals surface area contributed by atoms with Gasteiger partial charge in [-0.1, -0.05) is 0 Å². The maximum atomic E-state index is 12.0. The lowest BCUT2D eigenvalue weighted by molar-refractivity contribution is -0.262. The van der Waals surface area contributed by atoms with Gasteiger partial charge in [0, 0.05) is 6.61 Å². The number of hydrogen-bond donors (Lipinski definition) is 0. The second kappa shape index (κ2) is 3.04. The molecule has 0 bridgehead atoms. The molecule has 2 atom stereocenters. The van der Waals surface area contributed by atoms with Crippen LogP contribution in [0.2, 0.25) is 0 Å². The van der Waals surface area contributed by atoms with Gasteiger partial charge in [0.05, 0.1) is 5.92 Å². The van der Waals surface area contributed by atoms with Crippen LogP contribution in [0.1, 0.15) is 6.42 Å². The Morgan fingerprint density at radius 2 is 1.46 bits per heavy atom. The van der Waals surface area contributed by atoms with Gasteiger partial charge in [-0.05, 0) is 6.42 Å². The summed E-state index contributed by atoms with van der Waals surface area (Å²) in [4.78, 5) is 0. The fourth-order valence-electron chi connectivity index (χ4n) is 1.25. The number of ether oxygens (including phenoxy) is 1. The summed E-state index contributed by atoms with van der Waals surface area (Å²) < 4.78 is 75.6. The van der Waals surface area contributed by atoms with E-state index in [1.54, 1.807) is 0 Å². The number of halogens is 6. The summed E-state index contributed by atoms with van der Waals surface area (Å²) in [5.41, 5.74) is 0. The minimum absolute atomic E-state index is 0.492. The van der Waals surface area contributed by atoms with Crippen molar-refractivity contribution in [2.75, 3.05) is 6.61 Å². The van der Waals surface area contributed by atoms with Crippen LogP contribution >= 0.6 is 0 Å². The smallest absolute Gasteiger partial charge is 0.368 e. The first-order valence-electron chi connectivity index (χ1n) is 3.48. The molecule has 1 nitrogen and oxygen atoms in total. The van der Waals surface area contributed by atoms with Crippen molar-refractivity contribution in [1.82, 2.24) is 0 Å². The lowest BCUT2D eigenvalue weighted by Gasteiger charge is -2.22. The Balaban J connectivity index is 2.76. The molecule has 1 fully saturated rings. The van der Waals surface area contributed by atoms with Crippen LogP contribution in [0.3, 0.4) is 0 Å². The molecule has 13 heavy (non-hydrogen) atoms. The first kappa shape index (κ1) is 10.6. The van der Waals surface area contributed by atoms with Crippen LogP contribution in [0.5, 0.6) is 0 Å². The molecule has 0 amide bonds. The van der Waals surface area contributed by atoms with Gasteiger partial charge in [-0.25, -0.2) is 0 Å². The summed E-state index contributed by atoms with van der Waals surface area (Å²) in [6, 6.07) is 0. The van der Waals surface area contributed by atoms with Crippen molar-refractivity contribution in [2.24, 2.45) is 5.92 Å². The summed E-state index contributed by atoms with van der Waals surface area (Å²) in [5.74, 6) is -2.41. The number of rotatable bonds is 0. The van der Waals surface area contributed by atoms with Crippen LogP contribution in [0, 0.1) is 5.92 Å². The summed E-state index contributed by atoms with van der Waals surface area (Å²) in [7, 11) is 0. The lowest BCUT2D eigenvalue weighted by atomic mass is 10.0. The van der Waals surface area contributed by atoms with E-state index in [4.69, 9.17) is 0 Å². The highest BCUT2D eigenvalue weighted by molar-refractivity contribution is 4.86. The first-order valence-corrected chi connectivity index (χ1v) is 3.48. The molecule has 1 saturated heterocycles. The summed E-state index contributed by atoms with van der Waals surface area (Å²) in [6.45, 7) is -0.492. The number of hydrogen-bond acceptors (Lipinski definition) is 1. The molecule has 78 valence electrons. The van der Waals surface area contributed by atoms with E-state index < -0.39 is 37.4 Å². The Kier molecular flexibility index (Phi) is 2.48. The third-order valence-corrected chi connectivity index (χ3v) is 1.83. The van der Waals surface area contributed by atoms with Crippen molar-refractivity contribution >= 4 is 0 Å². The second-order valence-corrected chi connectivity index (χ2v) is 2.77. The molecule has 0 aromatic rings. The predicted molar refractivity (Wildman–Crippen MR) is 30.0 cm³/mol. The highest BCUT2D eigenvalue weighted by Gasteiger charge is 2.58. The van der Waals surface area contributed by atoms with Crippen molar-refractivity contribution in [3.8, 4) is 0 Å². The molecular formula is C6H6F6O. The van der Waals surface area contributed by atoms with E-state index >= 15 is 0 Å². The minimum Gasteiger partial charge on any atom is -0.368 e. The zero-order valence-corrected chi connectivity index (χ0v) is 6.24. The zero-order chi connectivity index (χ0) is 10.3. The highest BCUT2D eigenvalue weighted by atomic mass is 19.4. The third-order valence-electron chi connectivity index (χ3n) is 1.83. The fourth-order valence-corrected chi connectivity index (χ4v) is 1.25. The minimum atomic E-state index is -4.93. The molecule has 0 spiro atoms. The van der Waals surface area contributed by atoms with Crippen LogP contribution < -0.4 is 0 Å². The topological polar surface area (TPSA) is 9.23 Å². The number of alkyl halides is 6. The molecule has 0 radical (unpaired) electrons. The standard InChI is InChI=1S/C6H6F6O/c7-5(8,9)3-1-2-13-4(3)6(10,11)12/h3-4H,1-2H2. The highest BCUT2D eigenvalue weighted by Crippen LogP contribution is 2.43. The average Bonchev–Trinajstić information content (AvgIpc) is 2.27. The first-order chi connectivity index (χ1) is 5.73. The molecule has 1 aliphatic rings. The monoisotopic (exact) mass is 208 g/mol. The van der Waals surface area contributed by atoms with E-state index in [1.807, 2.05) is 0 Å². The third kappa shape index (κ3) is 2.26. The summed E-state index contributed by atoms with van der Waals surface area (Å²) >= 11 is 0. The Bertz CT molecular complexity index is 163. The van der Waals surface area contributed by atoms with Gasteiger partial charge in [0.15, 0.2) is 6.10 Å². The van der Waals surface area contributed by atoms with E-state index in [-0.39, 0.29) is 0 Å². The van der Waals surface area contributed by atoms with Crippen molar-refractivity contribution < 1.29 is 31.1 Å². The Labute approximate surface area is 69.7 Å². The molecule has 1 heterocycles. The fraction of sp³-hybridized carbons (Fsp3) is 1.00. The van der Waals surface area contributed by atoms with Gasteiger partial charge in [-0.15, -0.1) is 0 Å². The van der Waals surface area contributed by atoms with Gasteiger partial charge >= 0.3 is 12.4 Å². The SMILES string of the molecule is FC(F)(F)C1CCOC1C(F)(F)F. The normalized spacial score (nSPS) is 30.9. The van der Waals surface area contributed by atoms with Gasteiger partial charge in [0.2, 0.25) is 0 Å². The molecule has 0 saturated carbocycles. The summed E-state index contributed by atoms with van der Waals surface area (Å²) in [6.07, 6.45) is -13.1. The van der Waals surface area contributed by atoms with Crippen molar-refractivity contribution in [1.29, 1.82) is 0 Å². The van der Waals surface area contributed by atoms with E-state index in [1.165, 1.54) is 0 Å². The molecule has 2 unspecified atom stereocenters. The van der Waals surface area contributed by atoms with Crippen LogP contribution in [0.4, 0.5) is 26.3 Å². The molecule has 0 aromatic carbocycles. The van der Waals surface area contributed by atoms with E-state index in [9.17, 15) is 26.3 Å². The van der Waals surface area contributed by atoms with E-state index in [0.29, 0.717) is 0 Å². The maximum absolute atomic E-state index is 12.0. The van der Waals surface area contributed by atoms with Gasteiger partial charge < -0.3 is 4.74 Å². The van der Waals surface area contributed by atoms with Crippen LogP contribution in [-0.4, -0.2) is 25.1 Å².